The van der Waals surface area contributed by atoms with Crippen LogP contribution in [0.1, 0.15) is 34.1 Å². The van der Waals surface area contributed by atoms with E-state index < -0.39 is 0 Å². The predicted octanol–water partition coefficient (Wildman–Crippen LogP) is 1.40. The summed E-state index contributed by atoms with van der Waals surface area (Å²) in [5, 5.41) is 3.61. The van der Waals surface area contributed by atoms with Crippen LogP contribution < -0.4 is 5.32 Å². The van der Waals surface area contributed by atoms with E-state index in [1.54, 1.807) is 0 Å². The van der Waals surface area contributed by atoms with Crippen molar-refractivity contribution in [2.75, 3.05) is 33.2 Å². The van der Waals surface area contributed by atoms with Crippen LogP contribution in [0.3, 0.4) is 0 Å². The molecule has 0 aromatic carbocycles. The van der Waals surface area contributed by atoms with E-state index >= 15 is 0 Å². The molecule has 3 atom stereocenters. The standard InChI is InChI=1S/C13H29N3/c1-6-13(14-7-2)12(4)16-9-8-15(5)10-11(16)3/h11-14H,6-10H2,1-5H3. The molecule has 0 aromatic heterocycles. The van der Waals surface area contributed by atoms with Crippen LogP contribution in [0.4, 0.5) is 0 Å². The molecular weight excluding hydrogens is 198 g/mol. The summed E-state index contributed by atoms with van der Waals surface area (Å²) in [6.07, 6.45) is 1.22. The molecule has 1 fully saturated rings. The summed E-state index contributed by atoms with van der Waals surface area (Å²) >= 11 is 0. The third-order valence-electron chi connectivity index (χ3n) is 3.89. The second-order valence-corrected chi connectivity index (χ2v) is 5.16. The van der Waals surface area contributed by atoms with Gasteiger partial charge in [0.2, 0.25) is 0 Å². The van der Waals surface area contributed by atoms with Crippen LogP contribution in [0.2, 0.25) is 0 Å². The molecule has 16 heavy (non-hydrogen) atoms. The second kappa shape index (κ2) is 6.58. The van der Waals surface area contributed by atoms with E-state index in [4.69, 9.17) is 0 Å². The molecule has 3 nitrogen and oxygen atoms in total. The molecule has 0 radical (unpaired) electrons. The van der Waals surface area contributed by atoms with Crippen molar-refractivity contribution < 1.29 is 0 Å². The first kappa shape index (κ1) is 13.9. The van der Waals surface area contributed by atoms with Crippen molar-refractivity contribution in [2.24, 2.45) is 0 Å². The van der Waals surface area contributed by atoms with Crippen molar-refractivity contribution in [3.05, 3.63) is 0 Å². The average Bonchev–Trinajstić information content (AvgIpc) is 2.25. The zero-order valence-electron chi connectivity index (χ0n) is 11.7. The number of nitrogens with zero attached hydrogens (tertiary/aromatic N) is 2. The first-order chi connectivity index (χ1) is 7.60. The lowest BCUT2D eigenvalue weighted by Crippen LogP contribution is -2.58. The van der Waals surface area contributed by atoms with Crippen LogP contribution in [-0.2, 0) is 0 Å². The van der Waals surface area contributed by atoms with Gasteiger partial charge >= 0.3 is 0 Å². The minimum Gasteiger partial charge on any atom is -0.313 e. The number of piperazine rings is 1. The topological polar surface area (TPSA) is 18.5 Å². The number of hydrogen-bond donors (Lipinski definition) is 1. The predicted molar refractivity (Wildman–Crippen MR) is 70.9 cm³/mol. The molecule has 1 aliphatic heterocycles. The fourth-order valence-corrected chi connectivity index (χ4v) is 2.91. The Kier molecular flexibility index (Phi) is 5.73. The Bertz CT molecular complexity index is 196. The van der Waals surface area contributed by atoms with E-state index in [0.717, 1.165) is 6.54 Å². The fraction of sp³-hybridized carbons (Fsp3) is 1.00. The molecule has 3 heteroatoms. The molecule has 3 unspecified atom stereocenters. The molecule has 0 saturated carbocycles. The molecule has 0 spiro atoms. The number of hydrogen-bond acceptors (Lipinski definition) is 3. The van der Waals surface area contributed by atoms with Gasteiger partial charge in [0.25, 0.3) is 0 Å². The Morgan fingerprint density at radius 1 is 1.31 bits per heavy atom. The van der Waals surface area contributed by atoms with Gasteiger partial charge in [-0.05, 0) is 33.9 Å². The zero-order valence-corrected chi connectivity index (χ0v) is 11.7. The van der Waals surface area contributed by atoms with Gasteiger partial charge in [-0.15, -0.1) is 0 Å². The molecule has 0 aliphatic carbocycles. The molecule has 1 aliphatic rings. The van der Waals surface area contributed by atoms with Gasteiger partial charge in [-0.25, -0.2) is 0 Å². The number of rotatable bonds is 5. The maximum absolute atomic E-state index is 3.61. The van der Waals surface area contributed by atoms with Crippen LogP contribution in [-0.4, -0.2) is 61.2 Å². The summed E-state index contributed by atoms with van der Waals surface area (Å²) < 4.78 is 0. The summed E-state index contributed by atoms with van der Waals surface area (Å²) in [6.45, 7) is 13.9. The van der Waals surface area contributed by atoms with Crippen LogP contribution in [0.25, 0.3) is 0 Å². The third kappa shape index (κ3) is 3.44. The Morgan fingerprint density at radius 2 is 2.00 bits per heavy atom. The molecular formula is C13H29N3. The van der Waals surface area contributed by atoms with E-state index in [1.165, 1.54) is 26.1 Å². The summed E-state index contributed by atoms with van der Waals surface area (Å²) in [4.78, 5) is 5.10. The average molecular weight is 227 g/mol. The quantitative estimate of drug-likeness (QED) is 0.766. The fourth-order valence-electron chi connectivity index (χ4n) is 2.91. The van der Waals surface area contributed by atoms with Gasteiger partial charge in [0.1, 0.15) is 0 Å². The Hall–Kier alpha value is -0.120. The maximum Gasteiger partial charge on any atom is 0.0224 e. The first-order valence-corrected chi connectivity index (χ1v) is 6.77. The van der Waals surface area contributed by atoms with E-state index in [1.807, 2.05) is 0 Å². The van der Waals surface area contributed by atoms with Crippen molar-refractivity contribution in [2.45, 2.75) is 52.2 Å². The number of nitrogens with one attached hydrogen (secondary N) is 1. The molecule has 1 saturated heterocycles. The number of likely N-dealkylation sites (N-methyl/N-ethyl adjacent to an activating group) is 2. The van der Waals surface area contributed by atoms with E-state index in [-0.39, 0.29) is 0 Å². The van der Waals surface area contributed by atoms with Gasteiger partial charge < -0.3 is 10.2 Å². The molecule has 1 rings (SSSR count). The second-order valence-electron chi connectivity index (χ2n) is 5.16. The highest BCUT2D eigenvalue weighted by Gasteiger charge is 2.28. The Labute approximate surface area is 101 Å². The summed E-state index contributed by atoms with van der Waals surface area (Å²) in [5.41, 5.74) is 0. The lowest BCUT2D eigenvalue weighted by Gasteiger charge is -2.44. The molecule has 1 heterocycles. The monoisotopic (exact) mass is 227 g/mol. The van der Waals surface area contributed by atoms with Crippen LogP contribution >= 0.6 is 0 Å². The summed E-state index contributed by atoms with van der Waals surface area (Å²) in [6, 6.07) is 1.96. The van der Waals surface area contributed by atoms with E-state index in [9.17, 15) is 0 Å². The minimum atomic E-state index is 0.635. The van der Waals surface area contributed by atoms with Gasteiger partial charge in [0.05, 0.1) is 0 Å². The van der Waals surface area contributed by atoms with Crippen LogP contribution in [0.15, 0.2) is 0 Å². The molecule has 0 amide bonds. The smallest absolute Gasteiger partial charge is 0.0224 e. The van der Waals surface area contributed by atoms with Crippen molar-refractivity contribution in [3.8, 4) is 0 Å². The Balaban J connectivity index is 2.54. The van der Waals surface area contributed by atoms with Crippen molar-refractivity contribution in [1.29, 1.82) is 0 Å². The Morgan fingerprint density at radius 3 is 2.50 bits per heavy atom. The molecule has 0 bridgehead atoms. The highest BCUT2D eigenvalue weighted by Crippen LogP contribution is 2.15. The normalized spacial score (nSPS) is 27.9. The van der Waals surface area contributed by atoms with Gasteiger partial charge in [-0.2, -0.15) is 0 Å². The third-order valence-corrected chi connectivity index (χ3v) is 3.89. The molecule has 0 aromatic rings. The highest BCUT2D eigenvalue weighted by atomic mass is 15.3. The first-order valence-electron chi connectivity index (χ1n) is 6.77. The van der Waals surface area contributed by atoms with Crippen LogP contribution in [0, 0.1) is 0 Å². The van der Waals surface area contributed by atoms with E-state index in [2.05, 4.69) is 49.9 Å². The van der Waals surface area contributed by atoms with E-state index in [0.29, 0.717) is 18.1 Å². The minimum absolute atomic E-state index is 0.635. The maximum atomic E-state index is 3.61. The van der Waals surface area contributed by atoms with Gasteiger partial charge in [0.15, 0.2) is 0 Å². The lowest BCUT2D eigenvalue weighted by atomic mass is 10.0. The summed E-state index contributed by atoms with van der Waals surface area (Å²) in [7, 11) is 2.22. The van der Waals surface area contributed by atoms with Gasteiger partial charge in [-0.1, -0.05) is 13.8 Å². The highest BCUT2D eigenvalue weighted by molar-refractivity contribution is 4.87. The summed E-state index contributed by atoms with van der Waals surface area (Å²) in [5.74, 6) is 0. The van der Waals surface area contributed by atoms with Crippen molar-refractivity contribution >= 4 is 0 Å². The lowest BCUT2D eigenvalue weighted by molar-refractivity contribution is 0.0517. The van der Waals surface area contributed by atoms with Gasteiger partial charge in [0, 0.05) is 37.8 Å². The van der Waals surface area contributed by atoms with Crippen molar-refractivity contribution in [1.82, 2.24) is 15.1 Å². The van der Waals surface area contributed by atoms with Gasteiger partial charge in [-0.3, -0.25) is 4.90 Å². The SMILES string of the molecule is CCNC(CC)C(C)N1CCN(C)CC1C. The largest absolute Gasteiger partial charge is 0.313 e. The zero-order chi connectivity index (χ0) is 12.1. The molecule has 96 valence electrons. The van der Waals surface area contributed by atoms with Crippen molar-refractivity contribution in [3.63, 3.8) is 0 Å². The van der Waals surface area contributed by atoms with Crippen LogP contribution in [0.5, 0.6) is 0 Å². The molecule has 1 N–H and O–H groups in total.